The number of carboxylic acid groups (broad SMARTS) is 1. The molecule has 0 aliphatic rings. The van der Waals surface area contributed by atoms with E-state index in [-0.39, 0.29) is 5.56 Å². The van der Waals surface area contributed by atoms with Gasteiger partial charge in [0.2, 0.25) is 0 Å². The van der Waals surface area contributed by atoms with E-state index in [1.54, 1.807) is 18.2 Å². The number of carbonyl (C=O) groups is 2. The number of halogens is 2. The molecule has 1 rings (SSSR count). The summed E-state index contributed by atoms with van der Waals surface area (Å²) in [6.45, 7) is 6.75. The number of benzene rings is 1. The summed E-state index contributed by atoms with van der Waals surface area (Å²) >= 11 is 0. The van der Waals surface area contributed by atoms with Crippen LogP contribution in [0.5, 0.6) is 0 Å². The van der Waals surface area contributed by atoms with Crippen LogP contribution in [0.1, 0.15) is 38.1 Å². The lowest BCUT2D eigenvalue weighted by molar-refractivity contribution is -0.161. The smallest absolute Gasteiger partial charge is 0.336 e. The molecule has 0 saturated carbocycles. The predicted octanol–water partition coefficient (Wildman–Crippen LogP) is 3.92. The van der Waals surface area contributed by atoms with Crippen LogP contribution in [0.25, 0.3) is 0 Å². The van der Waals surface area contributed by atoms with Gasteiger partial charge in [-0.05, 0) is 37.2 Å². The van der Waals surface area contributed by atoms with E-state index in [9.17, 15) is 23.5 Å². The van der Waals surface area contributed by atoms with Crippen molar-refractivity contribution in [3.63, 3.8) is 0 Å². The number of rotatable bonds is 10. The molecule has 2 atom stereocenters. The normalized spacial score (nSPS) is 15.3. The Morgan fingerprint density at radius 3 is 2.04 bits per heavy atom. The molecule has 0 heterocycles. The summed E-state index contributed by atoms with van der Waals surface area (Å²) in [5.74, 6) is -2.27. The predicted molar refractivity (Wildman–Crippen MR) is 98.0 cm³/mol. The summed E-state index contributed by atoms with van der Waals surface area (Å²) < 4.78 is 33.5. The molecule has 8 heteroatoms. The minimum absolute atomic E-state index is 0.177. The van der Waals surface area contributed by atoms with Gasteiger partial charge >= 0.3 is 5.97 Å². The van der Waals surface area contributed by atoms with E-state index in [1.165, 1.54) is 12.1 Å². The van der Waals surface area contributed by atoms with Gasteiger partial charge in [-0.2, -0.15) is 0 Å². The average molecular weight is 387 g/mol. The number of alkyl halides is 2. The lowest BCUT2D eigenvalue weighted by Crippen LogP contribution is -2.64. The first-order valence-electron chi connectivity index (χ1n) is 8.73. The molecule has 0 saturated heterocycles. The Kier molecular flexibility index (Phi) is 7.89. The Labute approximate surface area is 153 Å². The molecule has 0 bridgehead atoms. The molecule has 5 nitrogen and oxygen atoms in total. The first kappa shape index (κ1) is 22.2. The average Bonchev–Trinajstić information content (AvgIpc) is 2.64. The van der Waals surface area contributed by atoms with Gasteiger partial charge in [-0.3, -0.25) is 4.79 Å². The molecule has 0 aromatic heterocycles. The second-order valence-corrected chi connectivity index (χ2v) is 11.1. The Morgan fingerprint density at radius 1 is 1.15 bits per heavy atom. The molecule has 0 radical (unpaired) electrons. The highest BCUT2D eigenvalue weighted by molar-refractivity contribution is 6.73. The molecule has 0 spiro atoms. The molecule has 2 N–H and O–H groups in total. The van der Waals surface area contributed by atoms with E-state index in [0.717, 1.165) is 6.92 Å². The van der Waals surface area contributed by atoms with Gasteiger partial charge in [-0.15, -0.1) is 0 Å². The Balaban J connectivity index is 3.23. The van der Waals surface area contributed by atoms with E-state index in [4.69, 9.17) is 4.43 Å². The maximum absolute atomic E-state index is 13.8. The molecule has 0 fully saturated rings. The van der Waals surface area contributed by atoms with Gasteiger partial charge in [0.25, 0.3) is 12.3 Å². The Bertz CT molecular complexity index is 602. The fourth-order valence-corrected chi connectivity index (χ4v) is 5.96. The molecule has 1 aromatic rings. The van der Waals surface area contributed by atoms with E-state index >= 15 is 0 Å². The third kappa shape index (κ3) is 4.88. The third-order valence-corrected chi connectivity index (χ3v) is 9.68. The molecule has 0 aliphatic carbocycles. The lowest BCUT2D eigenvalue weighted by atomic mass is 9.96. The number of hydrogen-bond acceptors (Lipinski definition) is 3. The van der Waals surface area contributed by atoms with E-state index in [0.29, 0.717) is 18.1 Å². The fourth-order valence-electron chi connectivity index (χ4n) is 2.91. The first-order valence-corrected chi connectivity index (χ1v) is 11.3. The van der Waals surface area contributed by atoms with Crippen molar-refractivity contribution in [1.29, 1.82) is 0 Å². The number of hydrogen-bond donors (Lipinski definition) is 2. The van der Waals surface area contributed by atoms with Crippen LogP contribution in [-0.2, 0) is 9.22 Å². The first-order chi connectivity index (χ1) is 12.2. The van der Waals surface area contributed by atoms with Gasteiger partial charge in [0.1, 0.15) is 6.04 Å². The van der Waals surface area contributed by atoms with Crippen molar-refractivity contribution in [2.75, 3.05) is 0 Å². The van der Waals surface area contributed by atoms with Crippen LogP contribution >= 0.6 is 0 Å². The topological polar surface area (TPSA) is 75.6 Å². The van der Waals surface area contributed by atoms with Crippen molar-refractivity contribution in [3.05, 3.63) is 35.9 Å². The number of amides is 1. The molecule has 0 unspecified atom stereocenters. The summed E-state index contributed by atoms with van der Waals surface area (Å²) in [6.07, 6.45) is -3.10. The highest BCUT2D eigenvalue weighted by Gasteiger charge is 2.52. The van der Waals surface area contributed by atoms with Crippen molar-refractivity contribution in [2.45, 2.75) is 63.9 Å². The summed E-state index contributed by atoms with van der Waals surface area (Å²) in [7, 11) is -2.52. The lowest BCUT2D eigenvalue weighted by Gasteiger charge is -2.41. The van der Waals surface area contributed by atoms with Gasteiger partial charge in [0.15, 0.2) is 13.9 Å². The zero-order chi connectivity index (χ0) is 20.0. The van der Waals surface area contributed by atoms with Crippen LogP contribution in [-0.4, -0.2) is 43.4 Å². The summed E-state index contributed by atoms with van der Waals surface area (Å²) in [5, 5.41) is 11.9. The van der Waals surface area contributed by atoms with E-state index in [1.807, 2.05) is 20.8 Å². The molecular weight excluding hydrogens is 360 g/mol. The molecule has 1 aromatic carbocycles. The quantitative estimate of drug-likeness (QED) is 0.597. The van der Waals surface area contributed by atoms with Crippen LogP contribution in [0.3, 0.4) is 0 Å². The maximum Gasteiger partial charge on any atom is 0.336 e. The largest absolute Gasteiger partial charge is 0.479 e. The summed E-state index contributed by atoms with van der Waals surface area (Å²) in [6, 6.07) is 7.67. The number of carbonyl (C=O) groups excluding carboxylic acids is 1. The van der Waals surface area contributed by atoms with Gasteiger partial charge < -0.3 is 14.8 Å². The fraction of sp³-hybridized carbons (Fsp3) is 0.556. The zero-order valence-corrected chi connectivity index (χ0v) is 16.6. The van der Waals surface area contributed by atoms with Gasteiger partial charge in [0.05, 0.1) is 0 Å². The SMILES string of the molecule is CC[Si](CC)(CC)O[C@@](C)(C(=O)O)[C@@H](NC(=O)c1ccccc1)C(F)F. The van der Waals surface area contributed by atoms with Crippen LogP contribution in [0, 0.1) is 0 Å². The van der Waals surface area contributed by atoms with Gasteiger partial charge in [-0.25, -0.2) is 13.6 Å². The van der Waals surface area contributed by atoms with Crippen molar-refractivity contribution in [1.82, 2.24) is 5.32 Å². The molecule has 26 heavy (non-hydrogen) atoms. The summed E-state index contributed by atoms with van der Waals surface area (Å²) in [4.78, 5) is 24.2. The molecular formula is C18H27F2NO4Si. The van der Waals surface area contributed by atoms with Crippen molar-refractivity contribution < 1.29 is 27.9 Å². The monoisotopic (exact) mass is 387 g/mol. The number of aliphatic carboxylic acids is 1. The molecule has 146 valence electrons. The second-order valence-electron chi connectivity index (χ2n) is 6.41. The van der Waals surface area contributed by atoms with Crippen LogP contribution in [0.4, 0.5) is 8.78 Å². The number of nitrogens with one attached hydrogen (secondary N) is 1. The number of carboxylic acids is 1. The van der Waals surface area contributed by atoms with Gasteiger partial charge in [-0.1, -0.05) is 39.0 Å². The third-order valence-electron chi connectivity index (χ3n) is 4.95. The molecule has 1 amide bonds. The standard InChI is InChI=1S/C18H27F2NO4Si/c1-5-26(6-2,7-3)25-18(4,17(23)24)14(15(19)20)21-16(22)13-11-9-8-10-12-13/h8-12,14-15H,5-7H2,1-4H3,(H,21,22)(H,23,24)/t14-,18+/m0/s1. The Hall–Kier alpha value is -1.80. The highest BCUT2D eigenvalue weighted by Crippen LogP contribution is 2.32. The maximum atomic E-state index is 13.8. The van der Waals surface area contributed by atoms with Gasteiger partial charge in [0, 0.05) is 5.56 Å². The van der Waals surface area contributed by atoms with Crippen LogP contribution < -0.4 is 5.32 Å². The van der Waals surface area contributed by atoms with Crippen LogP contribution in [0.2, 0.25) is 18.1 Å². The second kappa shape index (κ2) is 9.23. The Morgan fingerprint density at radius 2 is 1.65 bits per heavy atom. The highest BCUT2D eigenvalue weighted by atomic mass is 28.4. The minimum atomic E-state index is -3.10. The van der Waals surface area contributed by atoms with Crippen molar-refractivity contribution >= 4 is 20.2 Å². The van der Waals surface area contributed by atoms with Crippen molar-refractivity contribution in [3.8, 4) is 0 Å². The van der Waals surface area contributed by atoms with Crippen molar-refractivity contribution in [2.24, 2.45) is 0 Å². The van der Waals surface area contributed by atoms with E-state index in [2.05, 4.69) is 5.32 Å². The van der Waals surface area contributed by atoms with Crippen LogP contribution in [0.15, 0.2) is 30.3 Å². The molecule has 0 aliphatic heterocycles. The summed E-state index contributed by atoms with van der Waals surface area (Å²) in [5.41, 5.74) is -2.04. The minimum Gasteiger partial charge on any atom is -0.479 e. The van der Waals surface area contributed by atoms with E-state index < -0.39 is 38.3 Å². The zero-order valence-electron chi connectivity index (χ0n) is 15.6.